The van der Waals surface area contributed by atoms with Gasteiger partial charge in [-0.3, -0.25) is 9.36 Å². The number of imidazole rings is 1. The van der Waals surface area contributed by atoms with Gasteiger partial charge in [-0.25, -0.2) is 9.78 Å². The zero-order chi connectivity index (χ0) is 19.7. The van der Waals surface area contributed by atoms with Crippen molar-refractivity contribution in [3.63, 3.8) is 0 Å². The van der Waals surface area contributed by atoms with E-state index in [1.807, 2.05) is 28.8 Å². The molecule has 2 aromatic carbocycles. The average molecular weight is 401 g/mol. The van der Waals surface area contributed by atoms with Crippen molar-refractivity contribution in [3.8, 4) is 0 Å². The van der Waals surface area contributed by atoms with Crippen molar-refractivity contribution < 1.29 is 14.3 Å². The summed E-state index contributed by atoms with van der Waals surface area (Å²) in [6, 6.07) is 12.3. The Morgan fingerprint density at radius 1 is 1.18 bits per heavy atom. The molecule has 0 aliphatic carbocycles. The number of amides is 1. The first-order chi connectivity index (χ1) is 13.6. The van der Waals surface area contributed by atoms with Crippen molar-refractivity contribution in [1.29, 1.82) is 0 Å². The minimum absolute atomic E-state index is 0.0432. The van der Waals surface area contributed by atoms with Gasteiger partial charge < -0.3 is 19.4 Å². The number of nitrogens with one attached hydrogen (secondary N) is 1. The molecule has 0 spiro atoms. The molecular weight excluding hydrogens is 384 g/mol. The molecule has 4 aromatic rings. The highest BCUT2D eigenvalue weighted by Gasteiger charge is 2.15. The maximum absolute atomic E-state index is 12.4. The number of carbonyl (C=O) groups is 1. The summed E-state index contributed by atoms with van der Waals surface area (Å²) in [5, 5.41) is 12.5. The van der Waals surface area contributed by atoms with Crippen molar-refractivity contribution in [3.05, 3.63) is 63.9 Å². The summed E-state index contributed by atoms with van der Waals surface area (Å²) < 4.78 is 8.22. The van der Waals surface area contributed by atoms with Gasteiger partial charge in [0, 0.05) is 11.6 Å². The summed E-state index contributed by atoms with van der Waals surface area (Å²) in [5.41, 5.74) is 2.49. The molecule has 0 aliphatic heterocycles. The van der Waals surface area contributed by atoms with Gasteiger partial charge in [0.2, 0.25) is 5.91 Å². The van der Waals surface area contributed by atoms with E-state index in [4.69, 9.17) is 16.0 Å². The number of aromatic nitrogens is 3. The minimum atomic E-state index is -0.625. The first-order valence-electron chi connectivity index (χ1n) is 8.67. The van der Waals surface area contributed by atoms with Gasteiger partial charge in [-0.1, -0.05) is 23.7 Å². The Balaban J connectivity index is 1.54. The molecule has 0 unspecified atom stereocenters. The first-order valence-corrected chi connectivity index (χ1v) is 9.05. The summed E-state index contributed by atoms with van der Waals surface area (Å²) in [4.78, 5) is 29.0. The van der Waals surface area contributed by atoms with Crippen LogP contribution in [0.25, 0.3) is 22.1 Å². The number of hydrogen-bond acceptors (Lipinski definition) is 5. The molecule has 2 heterocycles. The van der Waals surface area contributed by atoms with Gasteiger partial charge in [-0.2, -0.15) is 0 Å². The molecule has 0 bridgehead atoms. The third kappa shape index (κ3) is 3.39. The van der Waals surface area contributed by atoms with Crippen molar-refractivity contribution in [2.45, 2.75) is 19.6 Å². The van der Waals surface area contributed by atoms with E-state index in [1.54, 1.807) is 18.2 Å². The maximum atomic E-state index is 12.4. The standard InChI is InChI=1S/C19H17ClN4O4/c20-12-5-6-16-15(9-12)24(19(27)28-16)11-18(26)21-10-17-22-13-3-1-2-4-14(13)23(17)7-8-25/h1-6,9,25H,7-8,10-11H2,(H,21,26). The number of rotatable bonds is 6. The number of para-hydroxylation sites is 2. The monoisotopic (exact) mass is 400 g/mol. The number of oxazole rings is 1. The van der Waals surface area contributed by atoms with Crippen LogP contribution in [-0.4, -0.2) is 31.7 Å². The van der Waals surface area contributed by atoms with Crippen LogP contribution in [0, 0.1) is 0 Å². The Morgan fingerprint density at radius 2 is 2.00 bits per heavy atom. The van der Waals surface area contributed by atoms with E-state index >= 15 is 0 Å². The Bertz CT molecular complexity index is 1220. The summed E-state index contributed by atoms with van der Waals surface area (Å²) in [7, 11) is 0. The summed E-state index contributed by atoms with van der Waals surface area (Å²) in [5.74, 6) is -0.372. The summed E-state index contributed by atoms with van der Waals surface area (Å²) in [6.07, 6.45) is 0. The lowest BCUT2D eigenvalue weighted by atomic mass is 10.3. The van der Waals surface area contributed by atoms with Gasteiger partial charge in [0.1, 0.15) is 12.4 Å². The van der Waals surface area contributed by atoms with E-state index < -0.39 is 5.76 Å². The number of hydrogen-bond donors (Lipinski definition) is 2. The fraction of sp³-hybridized carbons (Fsp3) is 0.211. The number of halogens is 1. The molecule has 2 aromatic heterocycles. The van der Waals surface area contributed by atoms with E-state index in [9.17, 15) is 14.7 Å². The number of aliphatic hydroxyl groups is 1. The fourth-order valence-electron chi connectivity index (χ4n) is 3.17. The number of fused-ring (bicyclic) bond motifs is 2. The molecule has 28 heavy (non-hydrogen) atoms. The number of carbonyl (C=O) groups excluding carboxylic acids is 1. The third-order valence-electron chi connectivity index (χ3n) is 4.43. The van der Waals surface area contributed by atoms with Crippen LogP contribution < -0.4 is 11.1 Å². The predicted octanol–water partition coefficient (Wildman–Crippen LogP) is 1.91. The van der Waals surface area contributed by atoms with Crippen molar-refractivity contribution in [1.82, 2.24) is 19.4 Å². The molecule has 8 nitrogen and oxygen atoms in total. The normalized spacial score (nSPS) is 11.4. The zero-order valence-electron chi connectivity index (χ0n) is 14.8. The van der Waals surface area contributed by atoms with Crippen LogP contribution >= 0.6 is 11.6 Å². The van der Waals surface area contributed by atoms with Crippen molar-refractivity contribution in [2.75, 3.05) is 6.61 Å². The smallest absolute Gasteiger partial charge is 0.408 e. The lowest BCUT2D eigenvalue weighted by Gasteiger charge is -2.09. The van der Waals surface area contributed by atoms with E-state index in [1.165, 1.54) is 4.57 Å². The molecule has 2 N–H and O–H groups in total. The molecule has 4 rings (SSSR count). The summed E-state index contributed by atoms with van der Waals surface area (Å²) in [6.45, 7) is 0.291. The van der Waals surface area contributed by atoms with Crippen LogP contribution in [0.4, 0.5) is 0 Å². The number of nitrogens with zero attached hydrogens (tertiary/aromatic N) is 3. The van der Waals surface area contributed by atoms with E-state index in [-0.39, 0.29) is 25.6 Å². The lowest BCUT2D eigenvalue weighted by Crippen LogP contribution is -2.31. The maximum Gasteiger partial charge on any atom is 0.420 e. The Morgan fingerprint density at radius 3 is 2.82 bits per heavy atom. The van der Waals surface area contributed by atoms with Crippen LogP contribution in [0.1, 0.15) is 5.82 Å². The molecule has 0 atom stereocenters. The van der Waals surface area contributed by atoms with E-state index in [2.05, 4.69) is 10.3 Å². The molecule has 9 heteroatoms. The molecule has 1 amide bonds. The zero-order valence-corrected chi connectivity index (χ0v) is 15.5. The average Bonchev–Trinajstić information content (AvgIpc) is 3.18. The highest BCUT2D eigenvalue weighted by atomic mass is 35.5. The Labute approximate surface area is 164 Å². The second kappa shape index (κ2) is 7.49. The van der Waals surface area contributed by atoms with Gasteiger partial charge >= 0.3 is 5.76 Å². The van der Waals surface area contributed by atoms with Crippen LogP contribution in [0.2, 0.25) is 5.02 Å². The largest absolute Gasteiger partial charge is 0.420 e. The molecule has 0 fully saturated rings. The molecule has 0 radical (unpaired) electrons. The van der Waals surface area contributed by atoms with Crippen molar-refractivity contribution >= 4 is 39.6 Å². The van der Waals surface area contributed by atoms with Crippen molar-refractivity contribution in [2.24, 2.45) is 0 Å². The van der Waals surface area contributed by atoms with Crippen LogP contribution in [0.15, 0.2) is 51.7 Å². The third-order valence-corrected chi connectivity index (χ3v) is 4.67. The first kappa shape index (κ1) is 18.3. The van der Waals surface area contributed by atoms with Gasteiger partial charge in [0.05, 0.1) is 29.7 Å². The molecule has 0 saturated carbocycles. The van der Waals surface area contributed by atoms with Gasteiger partial charge in [0.15, 0.2) is 5.58 Å². The van der Waals surface area contributed by atoms with Gasteiger partial charge in [0.25, 0.3) is 0 Å². The minimum Gasteiger partial charge on any atom is -0.408 e. The highest BCUT2D eigenvalue weighted by molar-refractivity contribution is 6.31. The quantitative estimate of drug-likeness (QED) is 0.514. The molecular formula is C19H17ClN4O4. The second-order valence-corrected chi connectivity index (χ2v) is 6.67. The van der Waals surface area contributed by atoms with E-state index in [0.717, 1.165) is 11.0 Å². The van der Waals surface area contributed by atoms with Crippen LogP contribution in [0.3, 0.4) is 0 Å². The summed E-state index contributed by atoms with van der Waals surface area (Å²) >= 11 is 5.97. The highest BCUT2D eigenvalue weighted by Crippen LogP contribution is 2.18. The van der Waals surface area contributed by atoms with Gasteiger partial charge in [-0.15, -0.1) is 0 Å². The predicted molar refractivity (Wildman–Crippen MR) is 104 cm³/mol. The SMILES string of the molecule is O=C(Cn1c(=O)oc2ccc(Cl)cc21)NCc1nc2ccccc2n1CCO. The van der Waals surface area contributed by atoms with Crippen LogP contribution in [-0.2, 0) is 24.4 Å². The second-order valence-electron chi connectivity index (χ2n) is 6.23. The Kier molecular flexibility index (Phi) is 4.89. The molecule has 144 valence electrons. The molecule has 0 aliphatic rings. The van der Waals surface area contributed by atoms with Gasteiger partial charge in [-0.05, 0) is 30.3 Å². The topological polar surface area (TPSA) is 102 Å². The Hall–Kier alpha value is -3.10. The fourth-order valence-corrected chi connectivity index (χ4v) is 3.34. The van der Waals surface area contributed by atoms with E-state index in [0.29, 0.717) is 28.5 Å². The lowest BCUT2D eigenvalue weighted by molar-refractivity contribution is -0.121. The number of aliphatic hydroxyl groups excluding tert-OH is 1. The van der Waals surface area contributed by atoms with Crippen LogP contribution in [0.5, 0.6) is 0 Å². The molecule has 0 saturated heterocycles. The number of benzene rings is 2.